The number of halogens is 1. The number of tetrazole rings is 1. The Morgan fingerprint density at radius 1 is 1.20 bits per heavy atom. The minimum Gasteiger partial charge on any atom is -0.453 e. The molecule has 1 aliphatic rings. The number of anilines is 2. The normalized spacial score (nSPS) is 18.0. The summed E-state index contributed by atoms with van der Waals surface area (Å²) >= 11 is 6.19. The number of hydrogen-bond acceptors (Lipinski definition) is 8. The molecule has 1 aliphatic heterocycles. The van der Waals surface area contributed by atoms with Crippen molar-refractivity contribution >= 4 is 46.8 Å². The van der Waals surface area contributed by atoms with E-state index in [1.54, 1.807) is 24.3 Å². The maximum atomic E-state index is 13.3. The van der Waals surface area contributed by atoms with Crippen LogP contribution in [0.2, 0.25) is 5.02 Å². The molecule has 1 aromatic heterocycles. The monoisotopic (exact) mass is 580 g/mol. The van der Waals surface area contributed by atoms with Gasteiger partial charge in [-0.15, -0.1) is 5.10 Å². The molecule has 2 heterocycles. The Labute approximate surface area is 240 Å². The SMILES string of the molecule is COC(=O)Nc1ccc2c(c1)NC(=O)CC(C)/C=C\C[C@@H](C(=O)NCCc1cc(Cl)ccc1-n1cnnn1)NC2=O. The molecular weight excluding hydrogens is 552 g/mol. The molecule has 2 aromatic carbocycles. The summed E-state index contributed by atoms with van der Waals surface area (Å²) in [7, 11) is 1.22. The zero-order chi connectivity index (χ0) is 29.4. The summed E-state index contributed by atoms with van der Waals surface area (Å²) < 4.78 is 6.12. The molecule has 0 saturated carbocycles. The van der Waals surface area contributed by atoms with Crippen LogP contribution >= 0.6 is 11.6 Å². The number of methoxy groups -OCH3 is 1. The molecule has 1 unspecified atom stereocenters. The second-order valence-electron chi connectivity index (χ2n) is 9.36. The van der Waals surface area contributed by atoms with E-state index in [9.17, 15) is 19.2 Å². The maximum absolute atomic E-state index is 13.3. The van der Waals surface area contributed by atoms with Crippen molar-refractivity contribution in [3.05, 3.63) is 71.0 Å². The molecule has 4 rings (SSSR count). The Morgan fingerprint density at radius 2 is 2.02 bits per heavy atom. The van der Waals surface area contributed by atoms with Gasteiger partial charge in [-0.2, -0.15) is 0 Å². The second-order valence-corrected chi connectivity index (χ2v) is 9.80. The van der Waals surface area contributed by atoms with E-state index in [1.165, 1.54) is 36.3 Å². The third-order valence-corrected chi connectivity index (χ3v) is 6.50. The number of carbonyl (C=O) groups excluding carboxylic acids is 4. The van der Waals surface area contributed by atoms with Gasteiger partial charge in [0, 0.05) is 23.7 Å². The van der Waals surface area contributed by atoms with Gasteiger partial charge in [0.2, 0.25) is 11.8 Å². The number of rotatable bonds is 6. The fourth-order valence-corrected chi connectivity index (χ4v) is 4.46. The van der Waals surface area contributed by atoms with Crippen LogP contribution in [0.5, 0.6) is 0 Å². The quantitative estimate of drug-likeness (QED) is 0.323. The number of aromatic nitrogens is 4. The third-order valence-electron chi connectivity index (χ3n) is 6.27. The van der Waals surface area contributed by atoms with E-state index in [0.29, 0.717) is 17.1 Å². The number of fused-ring (bicyclic) bond motifs is 1. The van der Waals surface area contributed by atoms with Crippen LogP contribution in [0.1, 0.15) is 35.7 Å². The number of nitrogens with zero attached hydrogens (tertiary/aromatic N) is 4. The van der Waals surface area contributed by atoms with Crippen molar-refractivity contribution in [2.24, 2.45) is 5.92 Å². The number of ether oxygens (including phenoxy) is 1. The molecule has 0 aliphatic carbocycles. The van der Waals surface area contributed by atoms with E-state index in [2.05, 4.69) is 41.5 Å². The predicted octanol–water partition coefficient (Wildman–Crippen LogP) is 2.88. The second kappa shape index (κ2) is 13.5. The van der Waals surface area contributed by atoms with Crippen LogP contribution in [0.3, 0.4) is 0 Å². The molecule has 4 amide bonds. The highest BCUT2D eigenvalue weighted by Crippen LogP contribution is 2.23. The lowest BCUT2D eigenvalue weighted by Crippen LogP contribution is -2.47. The van der Waals surface area contributed by atoms with Crippen LogP contribution in [0.4, 0.5) is 16.2 Å². The van der Waals surface area contributed by atoms with Gasteiger partial charge in [-0.1, -0.05) is 30.7 Å². The van der Waals surface area contributed by atoms with Crippen LogP contribution in [0.25, 0.3) is 5.69 Å². The van der Waals surface area contributed by atoms with Crippen molar-refractivity contribution in [1.82, 2.24) is 30.8 Å². The molecule has 0 saturated heterocycles. The molecule has 2 atom stereocenters. The van der Waals surface area contributed by atoms with Crippen molar-refractivity contribution in [1.29, 1.82) is 0 Å². The first-order valence-corrected chi connectivity index (χ1v) is 13.2. The average Bonchev–Trinajstić information content (AvgIpc) is 3.46. The molecule has 14 heteroatoms. The van der Waals surface area contributed by atoms with E-state index in [4.69, 9.17) is 11.6 Å². The first kappa shape index (κ1) is 29.2. The van der Waals surface area contributed by atoms with E-state index in [0.717, 1.165) is 11.3 Å². The third kappa shape index (κ3) is 7.88. The number of benzene rings is 2. The fraction of sp³-hybridized carbons (Fsp3) is 0.296. The zero-order valence-corrected chi connectivity index (χ0v) is 23.1. The highest BCUT2D eigenvalue weighted by atomic mass is 35.5. The lowest BCUT2D eigenvalue weighted by molar-refractivity contribution is -0.123. The Kier molecular flexibility index (Phi) is 9.64. The van der Waals surface area contributed by atoms with Crippen molar-refractivity contribution in [2.45, 2.75) is 32.2 Å². The molecule has 4 N–H and O–H groups in total. The van der Waals surface area contributed by atoms with Crippen LogP contribution in [0, 0.1) is 5.92 Å². The summed E-state index contributed by atoms with van der Waals surface area (Å²) in [5.74, 6) is -1.37. The molecule has 13 nitrogen and oxygen atoms in total. The van der Waals surface area contributed by atoms with Gasteiger partial charge in [-0.25, -0.2) is 9.48 Å². The summed E-state index contributed by atoms with van der Waals surface area (Å²) in [5, 5.41) is 22.7. The number of carbonyl (C=O) groups is 4. The van der Waals surface area contributed by atoms with Gasteiger partial charge in [0.1, 0.15) is 12.4 Å². The van der Waals surface area contributed by atoms with E-state index in [-0.39, 0.29) is 48.4 Å². The molecule has 0 radical (unpaired) electrons. The largest absolute Gasteiger partial charge is 0.453 e. The summed E-state index contributed by atoms with van der Waals surface area (Å²) in [6, 6.07) is 8.81. The molecular formula is C27H29ClN8O5. The van der Waals surface area contributed by atoms with Gasteiger partial charge in [0.25, 0.3) is 5.91 Å². The minimum atomic E-state index is -0.889. The summed E-state index contributed by atoms with van der Waals surface area (Å²) in [5.41, 5.74) is 2.19. The Hall–Kier alpha value is -4.78. The molecule has 3 aromatic rings. The summed E-state index contributed by atoms with van der Waals surface area (Å²) in [6.45, 7) is 2.13. The number of allylic oxidation sites excluding steroid dienone is 1. The predicted molar refractivity (Wildman–Crippen MR) is 151 cm³/mol. The van der Waals surface area contributed by atoms with Crippen molar-refractivity contribution in [2.75, 3.05) is 24.3 Å². The lowest BCUT2D eigenvalue weighted by Gasteiger charge is -2.20. The molecule has 214 valence electrons. The standard InChI is InChI=1S/C27H29ClN8O5/c1-16-4-3-5-21(26(39)29-11-10-17-13-18(28)6-9-23(17)36-15-30-34-35-36)33-25(38)20-8-7-19(31-27(40)41-2)14-22(20)32-24(37)12-16/h3-4,6-9,13-16,21H,5,10-12H2,1-2H3,(H,29,39)(H,31,40)(H,32,37)(H,33,38)/b4-3-/t16?,21-/m0/s1. The Balaban J connectivity index is 1.51. The topological polar surface area (TPSA) is 169 Å². The highest BCUT2D eigenvalue weighted by Gasteiger charge is 2.24. The van der Waals surface area contributed by atoms with Crippen LogP contribution in [0.15, 0.2) is 54.9 Å². The number of hydrogen-bond donors (Lipinski definition) is 4. The Bertz CT molecular complexity index is 1460. The minimum absolute atomic E-state index is 0.124. The van der Waals surface area contributed by atoms with Crippen LogP contribution in [-0.4, -0.2) is 63.7 Å². The Morgan fingerprint density at radius 3 is 2.78 bits per heavy atom. The van der Waals surface area contributed by atoms with Gasteiger partial charge in [-0.3, -0.25) is 19.7 Å². The maximum Gasteiger partial charge on any atom is 0.411 e. The molecule has 0 fully saturated rings. The smallest absolute Gasteiger partial charge is 0.411 e. The van der Waals surface area contributed by atoms with Crippen molar-refractivity contribution < 1.29 is 23.9 Å². The molecule has 41 heavy (non-hydrogen) atoms. The van der Waals surface area contributed by atoms with E-state index < -0.39 is 18.0 Å². The van der Waals surface area contributed by atoms with Gasteiger partial charge in [-0.05, 0) is 71.1 Å². The van der Waals surface area contributed by atoms with Gasteiger partial charge in [0.15, 0.2) is 0 Å². The van der Waals surface area contributed by atoms with E-state index >= 15 is 0 Å². The first-order valence-electron chi connectivity index (χ1n) is 12.8. The fourth-order valence-electron chi connectivity index (χ4n) is 4.26. The van der Waals surface area contributed by atoms with Crippen molar-refractivity contribution in [3.8, 4) is 5.69 Å². The lowest BCUT2D eigenvalue weighted by atomic mass is 10.0. The zero-order valence-electron chi connectivity index (χ0n) is 22.4. The van der Waals surface area contributed by atoms with Gasteiger partial charge in [0.05, 0.1) is 24.0 Å². The van der Waals surface area contributed by atoms with E-state index in [1.807, 2.05) is 13.0 Å². The molecule has 0 bridgehead atoms. The summed E-state index contributed by atoms with van der Waals surface area (Å²) in [6.07, 6.45) is 5.18. The van der Waals surface area contributed by atoms with Crippen LogP contribution < -0.4 is 21.3 Å². The number of nitrogens with one attached hydrogen (secondary N) is 4. The highest BCUT2D eigenvalue weighted by molar-refractivity contribution is 6.30. The molecule has 0 spiro atoms. The van der Waals surface area contributed by atoms with Crippen molar-refractivity contribution in [3.63, 3.8) is 0 Å². The van der Waals surface area contributed by atoms with Crippen LogP contribution in [-0.2, 0) is 20.7 Å². The van der Waals surface area contributed by atoms with Gasteiger partial charge >= 0.3 is 6.09 Å². The average molecular weight is 581 g/mol. The number of amides is 4. The first-order chi connectivity index (χ1) is 19.7. The summed E-state index contributed by atoms with van der Waals surface area (Å²) in [4.78, 5) is 50.8. The van der Waals surface area contributed by atoms with Gasteiger partial charge < -0.3 is 20.7 Å².